The topological polar surface area (TPSA) is 62.3 Å². The van der Waals surface area contributed by atoms with E-state index in [1.54, 1.807) is 35.6 Å². The highest BCUT2D eigenvalue weighted by molar-refractivity contribution is 7.22. The van der Waals surface area contributed by atoms with Crippen LogP contribution in [0.3, 0.4) is 0 Å². The lowest BCUT2D eigenvalue weighted by molar-refractivity contribution is -0.120. The number of aryl methyl sites for hydroxylation is 1. The molecule has 1 aromatic heterocycles. The molecule has 1 N–H and O–H groups in total. The van der Waals surface area contributed by atoms with Crippen LogP contribution in [0.5, 0.6) is 0 Å². The molecule has 1 saturated heterocycles. The van der Waals surface area contributed by atoms with Crippen molar-refractivity contribution in [2.45, 2.75) is 26.7 Å². The number of ketones is 1. The van der Waals surface area contributed by atoms with Crippen molar-refractivity contribution in [2.75, 3.05) is 23.3 Å². The molecule has 6 heteroatoms. The summed E-state index contributed by atoms with van der Waals surface area (Å²) in [5.74, 6) is -0.0287. The molecule has 0 aliphatic carbocycles. The second-order valence-corrected chi connectivity index (χ2v) is 8.38. The molecule has 3 aromatic rings. The molecule has 0 bridgehead atoms. The Morgan fingerprint density at radius 1 is 1.18 bits per heavy atom. The van der Waals surface area contributed by atoms with Crippen molar-refractivity contribution in [3.05, 3.63) is 53.6 Å². The number of anilines is 2. The van der Waals surface area contributed by atoms with Crippen molar-refractivity contribution in [3.8, 4) is 0 Å². The molecule has 4 rings (SSSR count). The number of amides is 1. The first-order chi connectivity index (χ1) is 13.5. The number of carbonyl (C=O) groups is 2. The van der Waals surface area contributed by atoms with Gasteiger partial charge in [0.2, 0.25) is 5.91 Å². The van der Waals surface area contributed by atoms with Gasteiger partial charge >= 0.3 is 0 Å². The largest absolute Gasteiger partial charge is 0.347 e. The normalized spacial score (nSPS) is 16.9. The van der Waals surface area contributed by atoms with Gasteiger partial charge in [0.15, 0.2) is 10.9 Å². The van der Waals surface area contributed by atoms with Crippen LogP contribution in [0.1, 0.15) is 35.7 Å². The molecular formula is C22H23N3O2S. The van der Waals surface area contributed by atoms with E-state index in [0.29, 0.717) is 12.1 Å². The van der Waals surface area contributed by atoms with Crippen molar-refractivity contribution < 1.29 is 9.59 Å². The Morgan fingerprint density at radius 2 is 1.96 bits per heavy atom. The minimum absolute atomic E-state index is 0.0202. The first kappa shape index (κ1) is 18.6. The monoisotopic (exact) mass is 393 g/mol. The minimum atomic E-state index is -0.0741. The van der Waals surface area contributed by atoms with Crippen LogP contribution in [0.2, 0.25) is 0 Å². The molecule has 28 heavy (non-hydrogen) atoms. The first-order valence-electron chi connectivity index (χ1n) is 9.53. The van der Waals surface area contributed by atoms with E-state index in [2.05, 4.69) is 35.3 Å². The summed E-state index contributed by atoms with van der Waals surface area (Å²) in [6.07, 6.45) is 1.84. The summed E-state index contributed by atoms with van der Waals surface area (Å²) >= 11 is 1.69. The Morgan fingerprint density at radius 3 is 2.71 bits per heavy atom. The summed E-state index contributed by atoms with van der Waals surface area (Å²) in [7, 11) is 0. The van der Waals surface area contributed by atoms with E-state index in [1.165, 1.54) is 17.2 Å². The number of nitrogens with zero attached hydrogens (tertiary/aromatic N) is 2. The van der Waals surface area contributed by atoms with Gasteiger partial charge in [0.1, 0.15) is 0 Å². The molecule has 1 fully saturated rings. The summed E-state index contributed by atoms with van der Waals surface area (Å²) in [4.78, 5) is 31.1. The van der Waals surface area contributed by atoms with Gasteiger partial charge < -0.3 is 10.2 Å². The average molecular weight is 394 g/mol. The molecule has 0 spiro atoms. The predicted molar refractivity (Wildman–Crippen MR) is 114 cm³/mol. The molecule has 1 unspecified atom stereocenters. The summed E-state index contributed by atoms with van der Waals surface area (Å²) in [5, 5.41) is 3.98. The predicted octanol–water partition coefficient (Wildman–Crippen LogP) is 4.66. The molecule has 2 aromatic carbocycles. The first-order valence-corrected chi connectivity index (χ1v) is 10.4. The summed E-state index contributed by atoms with van der Waals surface area (Å²) in [6.45, 7) is 5.22. The maximum Gasteiger partial charge on any atom is 0.229 e. The van der Waals surface area contributed by atoms with Gasteiger partial charge in [-0.1, -0.05) is 17.4 Å². The molecule has 1 aliphatic heterocycles. The molecule has 0 saturated carbocycles. The molecule has 1 amide bonds. The Labute approximate surface area is 168 Å². The van der Waals surface area contributed by atoms with E-state index < -0.39 is 0 Å². The van der Waals surface area contributed by atoms with E-state index >= 15 is 0 Å². The van der Waals surface area contributed by atoms with E-state index in [9.17, 15) is 9.59 Å². The molecule has 1 atom stereocenters. The molecule has 2 heterocycles. The second-order valence-electron chi connectivity index (χ2n) is 7.38. The van der Waals surface area contributed by atoms with Crippen LogP contribution in [0.25, 0.3) is 10.2 Å². The van der Waals surface area contributed by atoms with Gasteiger partial charge in [-0.05, 0) is 68.7 Å². The Kier molecular flexibility index (Phi) is 5.13. The highest BCUT2D eigenvalue weighted by atomic mass is 32.1. The van der Waals surface area contributed by atoms with Gasteiger partial charge in [-0.3, -0.25) is 9.59 Å². The van der Waals surface area contributed by atoms with Crippen LogP contribution in [-0.2, 0) is 4.79 Å². The summed E-state index contributed by atoms with van der Waals surface area (Å²) in [5.41, 5.74) is 3.62. The lowest BCUT2D eigenvalue weighted by Crippen LogP contribution is -2.40. The van der Waals surface area contributed by atoms with Crippen LogP contribution in [0.4, 0.5) is 10.8 Å². The van der Waals surface area contributed by atoms with Gasteiger partial charge in [0.05, 0.1) is 16.1 Å². The van der Waals surface area contributed by atoms with Crippen LogP contribution >= 0.6 is 11.3 Å². The number of fused-ring (bicyclic) bond motifs is 1. The van der Waals surface area contributed by atoms with Gasteiger partial charge in [-0.25, -0.2) is 4.98 Å². The maximum atomic E-state index is 12.8. The standard InChI is InChI=1S/C22H23N3O2S/c1-14-5-10-19-20(12-14)28-22(24-19)25-11-3-4-17(13-25)21(27)23-18-8-6-16(7-9-18)15(2)26/h5-10,12,17H,3-4,11,13H2,1-2H3,(H,23,27). The van der Waals surface area contributed by atoms with Crippen LogP contribution in [0.15, 0.2) is 42.5 Å². The van der Waals surface area contributed by atoms with Crippen LogP contribution in [0, 0.1) is 12.8 Å². The number of nitrogens with one attached hydrogen (secondary N) is 1. The Bertz CT molecular complexity index is 1030. The quantitative estimate of drug-likeness (QED) is 0.655. The minimum Gasteiger partial charge on any atom is -0.347 e. The van der Waals surface area contributed by atoms with E-state index in [1.807, 2.05) is 0 Å². The molecule has 0 radical (unpaired) electrons. The second kappa shape index (κ2) is 7.72. The van der Waals surface area contributed by atoms with E-state index in [4.69, 9.17) is 4.98 Å². The highest BCUT2D eigenvalue weighted by Crippen LogP contribution is 2.32. The number of hydrogen-bond donors (Lipinski definition) is 1. The third-order valence-corrected chi connectivity index (χ3v) is 6.23. The fourth-order valence-corrected chi connectivity index (χ4v) is 4.65. The number of rotatable bonds is 4. The van der Waals surface area contributed by atoms with Crippen LogP contribution < -0.4 is 10.2 Å². The third kappa shape index (κ3) is 3.92. The third-order valence-electron chi connectivity index (χ3n) is 5.15. The number of benzene rings is 2. The summed E-state index contributed by atoms with van der Waals surface area (Å²) < 4.78 is 1.19. The van der Waals surface area contributed by atoms with Crippen LogP contribution in [-0.4, -0.2) is 29.8 Å². The van der Waals surface area contributed by atoms with Gasteiger partial charge in [0.25, 0.3) is 0 Å². The van der Waals surface area contributed by atoms with E-state index in [-0.39, 0.29) is 17.6 Å². The number of Topliss-reactive ketones (excluding diaryl/α,β-unsaturated/α-hetero) is 1. The lowest BCUT2D eigenvalue weighted by Gasteiger charge is -2.31. The fourth-order valence-electron chi connectivity index (χ4n) is 3.55. The molecule has 5 nitrogen and oxygen atoms in total. The highest BCUT2D eigenvalue weighted by Gasteiger charge is 2.27. The van der Waals surface area contributed by atoms with Crippen molar-refractivity contribution in [3.63, 3.8) is 0 Å². The van der Waals surface area contributed by atoms with Gasteiger partial charge in [0, 0.05) is 24.3 Å². The number of carbonyl (C=O) groups excluding carboxylic acids is 2. The SMILES string of the molecule is CC(=O)c1ccc(NC(=O)C2CCCN(c3nc4ccc(C)cc4s3)C2)cc1. The van der Waals surface area contributed by atoms with Crippen molar-refractivity contribution in [1.29, 1.82) is 0 Å². The molecular weight excluding hydrogens is 370 g/mol. The molecule has 144 valence electrons. The lowest BCUT2D eigenvalue weighted by atomic mass is 9.97. The van der Waals surface area contributed by atoms with Gasteiger partial charge in [-0.15, -0.1) is 0 Å². The Balaban J connectivity index is 1.45. The molecule has 1 aliphatic rings. The summed E-state index contributed by atoms with van der Waals surface area (Å²) in [6, 6.07) is 13.4. The number of thiazole rings is 1. The zero-order valence-electron chi connectivity index (χ0n) is 16.1. The zero-order valence-corrected chi connectivity index (χ0v) is 16.9. The number of piperidine rings is 1. The van der Waals surface area contributed by atoms with Gasteiger partial charge in [-0.2, -0.15) is 0 Å². The Hall–Kier alpha value is -2.73. The zero-order chi connectivity index (χ0) is 19.7. The van der Waals surface area contributed by atoms with E-state index in [0.717, 1.165) is 35.7 Å². The fraction of sp³-hybridized carbons (Fsp3) is 0.318. The van der Waals surface area contributed by atoms with Crippen molar-refractivity contribution in [1.82, 2.24) is 4.98 Å². The average Bonchev–Trinajstić information content (AvgIpc) is 3.11. The number of aromatic nitrogens is 1. The maximum absolute atomic E-state index is 12.8. The number of hydrogen-bond acceptors (Lipinski definition) is 5. The van der Waals surface area contributed by atoms with Crippen molar-refractivity contribution >= 4 is 44.1 Å². The van der Waals surface area contributed by atoms with Crippen molar-refractivity contribution in [2.24, 2.45) is 5.92 Å². The smallest absolute Gasteiger partial charge is 0.229 e.